The van der Waals surface area contributed by atoms with Crippen LogP contribution >= 0.6 is 0 Å². The first-order chi connectivity index (χ1) is 6.27. The molecule has 0 fully saturated rings. The van der Waals surface area contributed by atoms with Crippen molar-refractivity contribution in [2.45, 2.75) is 33.1 Å². The number of rotatable bonds is 6. The van der Waals surface area contributed by atoms with E-state index in [0.717, 1.165) is 19.3 Å². The lowest BCUT2D eigenvalue weighted by molar-refractivity contribution is -0.140. The Labute approximate surface area is 80.3 Å². The highest BCUT2D eigenvalue weighted by Gasteiger charge is 1.87. The maximum atomic E-state index is 10.4. The third kappa shape index (κ3) is 10.9. The zero-order valence-corrected chi connectivity index (χ0v) is 8.45. The van der Waals surface area contributed by atoms with Crippen molar-refractivity contribution in [2.24, 2.45) is 0 Å². The standard InChI is InChI=1S/C11H18O2/c1-3-4-5-6-7-8-9-10-13-11(2)12/h4-5,7-8H,3,6,9-10H2,1-2H3/b5-4+,8-7+. The van der Waals surface area contributed by atoms with Crippen LogP contribution in [0.5, 0.6) is 0 Å². The Morgan fingerprint density at radius 2 is 1.92 bits per heavy atom. The number of carbonyl (C=O) groups is 1. The molecule has 0 aliphatic rings. The first kappa shape index (κ1) is 11.9. The molecule has 0 aromatic carbocycles. The summed E-state index contributed by atoms with van der Waals surface area (Å²) in [5.74, 6) is -0.209. The van der Waals surface area contributed by atoms with Gasteiger partial charge in [0.15, 0.2) is 0 Å². The van der Waals surface area contributed by atoms with Crippen molar-refractivity contribution in [3.8, 4) is 0 Å². The third-order valence-corrected chi connectivity index (χ3v) is 1.43. The van der Waals surface area contributed by atoms with Crippen LogP contribution in [0.1, 0.15) is 33.1 Å². The maximum absolute atomic E-state index is 10.4. The predicted octanol–water partition coefficient (Wildman–Crippen LogP) is 2.85. The smallest absolute Gasteiger partial charge is 0.302 e. The molecule has 2 nitrogen and oxygen atoms in total. The van der Waals surface area contributed by atoms with Gasteiger partial charge in [-0.2, -0.15) is 0 Å². The summed E-state index contributed by atoms with van der Waals surface area (Å²) in [6.07, 6.45) is 11.2. The molecule has 0 radical (unpaired) electrons. The molecule has 0 heterocycles. The largest absolute Gasteiger partial charge is 0.466 e. The van der Waals surface area contributed by atoms with E-state index in [0.29, 0.717) is 6.61 Å². The molecular formula is C11H18O2. The summed E-state index contributed by atoms with van der Waals surface area (Å²) in [4.78, 5) is 10.4. The van der Waals surface area contributed by atoms with Crippen LogP contribution in [0.4, 0.5) is 0 Å². The molecule has 0 atom stereocenters. The Hall–Kier alpha value is -1.05. The maximum Gasteiger partial charge on any atom is 0.302 e. The monoisotopic (exact) mass is 182 g/mol. The SMILES string of the molecule is CC/C=C/C/C=C/CCOC(C)=O. The van der Waals surface area contributed by atoms with E-state index in [1.165, 1.54) is 6.92 Å². The molecule has 0 N–H and O–H groups in total. The van der Waals surface area contributed by atoms with Crippen molar-refractivity contribution in [3.63, 3.8) is 0 Å². The average molecular weight is 182 g/mol. The van der Waals surface area contributed by atoms with Gasteiger partial charge < -0.3 is 4.74 Å². The molecule has 0 saturated carbocycles. The van der Waals surface area contributed by atoms with Gasteiger partial charge in [0.1, 0.15) is 0 Å². The Kier molecular flexibility index (Phi) is 8.31. The molecule has 0 aromatic rings. The lowest BCUT2D eigenvalue weighted by Gasteiger charge is -1.95. The first-order valence-electron chi connectivity index (χ1n) is 4.70. The number of esters is 1. The number of hydrogen-bond acceptors (Lipinski definition) is 2. The molecule has 0 bridgehead atoms. The molecule has 0 rings (SSSR count). The molecule has 0 aliphatic heterocycles. The zero-order valence-electron chi connectivity index (χ0n) is 8.45. The van der Waals surface area contributed by atoms with Crippen LogP contribution < -0.4 is 0 Å². The van der Waals surface area contributed by atoms with E-state index >= 15 is 0 Å². The minimum Gasteiger partial charge on any atom is -0.466 e. The molecule has 0 aliphatic carbocycles. The van der Waals surface area contributed by atoms with Crippen molar-refractivity contribution >= 4 is 5.97 Å². The fourth-order valence-electron chi connectivity index (χ4n) is 0.826. The summed E-state index contributed by atoms with van der Waals surface area (Å²) < 4.78 is 4.76. The Morgan fingerprint density at radius 3 is 2.54 bits per heavy atom. The van der Waals surface area contributed by atoms with Gasteiger partial charge in [0.25, 0.3) is 0 Å². The summed E-state index contributed by atoms with van der Waals surface area (Å²) >= 11 is 0. The van der Waals surface area contributed by atoms with E-state index in [4.69, 9.17) is 4.74 Å². The van der Waals surface area contributed by atoms with Gasteiger partial charge in [-0.3, -0.25) is 4.79 Å². The number of carbonyl (C=O) groups excluding carboxylic acids is 1. The Bertz CT molecular complexity index is 181. The molecule has 0 saturated heterocycles. The van der Waals surface area contributed by atoms with Gasteiger partial charge in [-0.15, -0.1) is 0 Å². The topological polar surface area (TPSA) is 26.3 Å². The summed E-state index contributed by atoms with van der Waals surface area (Å²) in [5.41, 5.74) is 0. The normalized spacial score (nSPS) is 11.2. The van der Waals surface area contributed by atoms with Crippen molar-refractivity contribution in [2.75, 3.05) is 6.61 Å². The second-order valence-corrected chi connectivity index (χ2v) is 2.72. The van der Waals surface area contributed by atoms with Crippen LogP contribution in [0.25, 0.3) is 0 Å². The lowest BCUT2D eigenvalue weighted by Crippen LogP contribution is -1.98. The Morgan fingerprint density at radius 1 is 1.23 bits per heavy atom. The second kappa shape index (κ2) is 9.04. The van der Waals surface area contributed by atoms with Gasteiger partial charge >= 0.3 is 5.97 Å². The van der Waals surface area contributed by atoms with Crippen LogP contribution in [-0.2, 0) is 9.53 Å². The molecule has 0 unspecified atom stereocenters. The molecular weight excluding hydrogens is 164 g/mol. The van der Waals surface area contributed by atoms with Crippen LogP contribution in [0.15, 0.2) is 24.3 Å². The van der Waals surface area contributed by atoms with Crippen molar-refractivity contribution in [1.82, 2.24) is 0 Å². The highest BCUT2D eigenvalue weighted by molar-refractivity contribution is 5.65. The number of ether oxygens (including phenoxy) is 1. The lowest BCUT2D eigenvalue weighted by atomic mass is 10.3. The minimum atomic E-state index is -0.209. The van der Waals surface area contributed by atoms with Gasteiger partial charge in [-0.25, -0.2) is 0 Å². The van der Waals surface area contributed by atoms with Crippen molar-refractivity contribution in [1.29, 1.82) is 0 Å². The van der Waals surface area contributed by atoms with E-state index < -0.39 is 0 Å². The summed E-state index contributed by atoms with van der Waals surface area (Å²) in [6, 6.07) is 0. The highest BCUT2D eigenvalue weighted by atomic mass is 16.5. The molecule has 0 aromatic heterocycles. The van der Waals surface area contributed by atoms with E-state index in [-0.39, 0.29) is 5.97 Å². The van der Waals surface area contributed by atoms with Crippen molar-refractivity contribution in [3.05, 3.63) is 24.3 Å². The minimum absolute atomic E-state index is 0.209. The van der Waals surface area contributed by atoms with Crippen LogP contribution in [0, 0.1) is 0 Å². The summed E-state index contributed by atoms with van der Waals surface area (Å²) in [7, 11) is 0. The highest BCUT2D eigenvalue weighted by Crippen LogP contribution is 1.91. The van der Waals surface area contributed by atoms with Crippen molar-refractivity contribution < 1.29 is 9.53 Å². The van der Waals surface area contributed by atoms with E-state index in [1.54, 1.807) is 0 Å². The fourth-order valence-corrected chi connectivity index (χ4v) is 0.826. The van der Waals surface area contributed by atoms with Crippen LogP contribution in [-0.4, -0.2) is 12.6 Å². The Balaban J connectivity index is 3.22. The van der Waals surface area contributed by atoms with Crippen LogP contribution in [0.2, 0.25) is 0 Å². The van der Waals surface area contributed by atoms with Gasteiger partial charge in [0, 0.05) is 6.92 Å². The van der Waals surface area contributed by atoms with E-state index in [2.05, 4.69) is 25.2 Å². The third-order valence-electron chi connectivity index (χ3n) is 1.43. The van der Waals surface area contributed by atoms with Gasteiger partial charge in [0.05, 0.1) is 6.61 Å². The zero-order chi connectivity index (χ0) is 9.94. The summed E-state index contributed by atoms with van der Waals surface area (Å²) in [5, 5.41) is 0. The fraction of sp³-hybridized carbons (Fsp3) is 0.545. The van der Waals surface area contributed by atoms with E-state index in [9.17, 15) is 4.79 Å². The molecule has 0 amide bonds. The second-order valence-electron chi connectivity index (χ2n) is 2.72. The molecule has 74 valence electrons. The number of hydrogen-bond donors (Lipinski definition) is 0. The van der Waals surface area contributed by atoms with Gasteiger partial charge in [0.2, 0.25) is 0 Å². The first-order valence-corrected chi connectivity index (χ1v) is 4.70. The molecule has 2 heteroatoms. The quantitative estimate of drug-likeness (QED) is 0.358. The molecule has 13 heavy (non-hydrogen) atoms. The predicted molar refractivity (Wildman–Crippen MR) is 54.4 cm³/mol. The van der Waals surface area contributed by atoms with Gasteiger partial charge in [-0.1, -0.05) is 31.2 Å². The average Bonchev–Trinajstić information content (AvgIpc) is 2.09. The molecule has 0 spiro atoms. The van der Waals surface area contributed by atoms with E-state index in [1.807, 2.05) is 6.08 Å². The van der Waals surface area contributed by atoms with Gasteiger partial charge in [-0.05, 0) is 19.3 Å². The number of allylic oxidation sites excluding steroid dienone is 3. The summed E-state index contributed by atoms with van der Waals surface area (Å²) in [6.45, 7) is 4.03. The van der Waals surface area contributed by atoms with Crippen LogP contribution in [0.3, 0.4) is 0 Å².